The fourth-order valence-electron chi connectivity index (χ4n) is 11.3. The zero-order chi connectivity index (χ0) is 64.2. The molecule has 0 aromatic carbocycles. The minimum Gasteiger partial charge on any atom is -0.394 e. The lowest BCUT2D eigenvalue weighted by atomic mass is 9.92. The molecule has 7 saturated heterocycles. The zero-order valence-electron chi connectivity index (χ0n) is 47.2. The Morgan fingerprint density at radius 3 is 1.03 bits per heavy atom. The summed E-state index contributed by atoms with van der Waals surface area (Å²) in [7, 11) is 0. The van der Waals surface area contributed by atoms with Gasteiger partial charge in [-0.2, -0.15) is 0 Å². The van der Waals surface area contributed by atoms with Gasteiger partial charge in [-0.3, -0.25) is 14.4 Å². The number of ether oxygens (including phenoxy) is 13. The molecule has 38 heteroatoms. The highest BCUT2D eigenvalue weighted by molar-refractivity contribution is 5.74. The summed E-state index contributed by atoms with van der Waals surface area (Å²) >= 11 is 0. The molecule has 7 aliphatic rings. The molecular formula is C49H83N3O35. The van der Waals surface area contributed by atoms with Crippen LogP contribution in [-0.4, -0.2) is 376 Å². The summed E-state index contributed by atoms with van der Waals surface area (Å²) in [5.41, 5.74) is 0. The van der Waals surface area contributed by atoms with Crippen molar-refractivity contribution < 1.29 is 173 Å². The molecule has 0 aromatic rings. The van der Waals surface area contributed by atoms with Crippen LogP contribution in [0.4, 0.5) is 0 Å². The maximum Gasteiger partial charge on any atom is 0.217 e. The van der Waals surface area contributed by atoms with Gasteiger partial charge >= 0.3 is 0 Å². The van der Waals surface area contributed by atoms with Gasteiger partial charge in [-0.25, -0.2) is 0 Å². The van der Waals surface area contributed by atoms with Crippen LogP contribution in [0.15, 0.2) is 0 Å². The van der Waals surface area contributed by atoms with Crippen molar-refractivity contribution in [2.24, 2.45) is 0 Å². The first-order valence-corrected chi connectivity index (χ1v) is 27.9. The van der Waals surface area contributed by atoms with Gasteiger partial charge in [-0.05, 0) is 6.92 Å². The molecule has 38 nitrogen and oxygen atoms in total. The van der Waals surface area contributed by atoms with Crippen LogP contribution in [0.5, 0.6) is 0 Å². The van der Waals surface area contributed by atoms with E-state index in [9.17, 15) is 111 Å². The van der Waals surface area contributed by atoms with Crippen molar-refractivity contribution in [1.82, 2.24) is 16.0 Å². The van der Waals surface area contributed by atoms with Crippen molar-refractivity contribution >= 4 is 17.7 Å². The molecule has 87 heavy (non-hydrogen) atoms. The first-order chi connectivity index (χ1) is 41.1. The minimum absolute atomic E-state index is 0.578. The van der Waals surface area contributed by atoms with Crippen LogP contribution in [0.1, 0.15) is 27.7 Å². The van der Waals surface area contributed by atoms with Crippen LogP contribution in [0, 0.1) is 0 Å². The van der Waals surface area contributed by atoms with E-state index in [2.05, 4.69) is 16.0 Å². The zero-order valence-corrected chi connectivity index (χ0v) is 47.2. The molecule has 0 spiro atoms. The van der Waals surface area contributed by atoms with Crippen LogP contribution in [-0.2, 0) is 76.0 Å². The first-order valence-electron chi connectivity index (χ1n) is 27.9. The van der Waals surface area contributed by atoms with Crippen LogP contribution in [0.3, 0.4) is 0 Å². The van der Waals surface area contributed by atoms with E-state index in [1.54, 1.807) is 0 Å². The molecule has 3 amide bonds. The molecule has 504 valence electrons. The van der Waals surface area contributed by atoms with Gasteiger partial charge in [0, 0.05) is 20.8 Å². The van der Waals surface area contributed by atoms with Gasteiger partial charge in [-0.1, -0.05) is 0 Å². The third kappa shape index (κ3) is 15.8. The highest BCUT2D eigenvalue weighted by Gasteiger charge is 2.58. The van der Waals surface area contributed by atoms with Gasteiger partial charge in [-0.15, -0.1) is 0 Å². The lowest BCUT2D eigenvalue weighted by Gasteiger charge is -2.50. The number of hydrogen-bond acceptors (Lipinski definition) is 35. The van der Waals surface area contributed by atoms with E-state index in [0.717, 1.165) is 20.8 Å². The summed E-state index contributed by atoms with van der Waals surface area (Å²) in [5, 5.41) is 214. The Morgan fingerprint density at radius 2 is 0.621 bits per heavy atom. The molecule has 0 aliphatic carbocycles. The highest BCUT2D eigenvalue weighted by Crippen LogP contribution is 2.37. The normalized spacial score (nSPS) is 48.9. The maximum absolute atomic E-state index is 12.7. The second kappa shape index (κ2) is 31.2. The molecule has 0 saturated carbocycles. The highest BCUT2D eigenvalue weighted by atomic mass is 16.8. The Bertz CT molecular complexity index is 2180. The Kier molecular flexibility index (Phi) is 25.6. The fraction of sp³-hybridized carbons (Fsp3) is 0.939. The molecule has 7 fully saturated rings. The molecule has 0 aromatic heterocycles. The van der Waals surface area contributed by atoms with Gasteiger partial charge in [0.2, 0.25) is 17.7 Å². The molecule has 7 rings (SSSR count). The predicted octanol–water partition coefficient (Wildman–Crippen LogP) is -14.8. The standard InChI is InChI=1S/C49H83N3O35/c1-12-23(50-13(2)59)30(66)39(19(8-56)76-12)83-44-24(51-14(3)60)31(67)41(21(10-58)80-44)85-48-38(74)42(86-47-37(73)34(70)27(63)17(6-54)78-47)29(65)22(82-48)11-75-49-43(35(71)28(64)18(7-55)79-49)87-45-25(52-15(4)61)32(68)40(20(9-57)81-45)84-46-36(72)33(69)26(62)16(5-53)77-46/h12,16-49,53-58,62-74H,5-11H2,1-4H3,(H,50,59)(H,51,60)(H,52,61)/t12-,16?,17?,18?,19?,20?,21?,22?,23?,24?,25?,26-,27+,28+,29+,30?,31?,32?,33?,34?,35?,36?,37?,38?,39+,40+,41+,42?,43?,44-,45-,46-,47+,48-,49-/m0/s1. The second-order valence-corrected chi connectivity index (χ2v) is 22.1. The summed E-state index contributed by atoms with van der Waals surface area (Å²) in [6.07, 6.45) is -60.6. The quantitative estimate of drug-likeness (QED) is 0.0479. The van der Waals surface area contributed by atoms with Crippen molar-refractivity contribution in [3.05, 3.63) is 0 Å². The average molecular weight is 1270 g/mol. The van der Waals surface area contributed by atoms with Crippen LogP contribution in [0.25, 0.3) is 0 Å². The molecule has 0 radical (unpaired) electrons. The first kappa shape index (κ1) is 71.6. The van der Waals surface area contributed by atoms with E-state index in [1.165, 1.54) is 6.92 Å². The molecular weight excluding hydrogens is 1190 g/mol. The number of nitrogens with one attached hydrogen (secondary N) is 3. The summed E-state index contributed by atoms with van der Waals surface area (Å²) in [4.78, 5) is 37.5. The topological polar surface area (TPSA) is 592 Å². The number of carbonyl (C=O) groups is 3. The van der Waals surface area contributed by atoms with Crippen molar-refractivity contribution in [1.29, 1.82) is 0 Å². The molecule has 22 N–H and O–H groups in total. The third-order valence-electron chi connectivity index (χ3n) is 16.0. The van der Waals surface area contributed by atoms with Crippen LogP contribution < -0.4 is 16.0 Å². The predicted molar refractivity (Wildman–Crippen MR) is 270 cm³/mol. The van der Waals surface area contributed by atoms with Crippen molar-refractivity contribution in [3.63, 3.8) is 0 Å². The Hall–Kier alpha value is -2.87. The van der Waals surface area contributed by atoms with Crippen molar-refractivity contribution in [2.75, 3.05) is 46.2 Å². The van der Waals surface area contributed by atoms with Gasteiger partial charge in [0.25, 0.3) is 0 Å². The summed E-state index contributed by atoms with van der Waals surface area (Å²) in [6.45, 7) is -2.10. The third-order valence-corrected chi connectivity index (χ3v) is 16.0. The SMILES string of the molecule is CC(=O)NC1C(O)[C@H](O[C@@H]2OC(CO)[C@H](O)C(O)C2O)C(CO)O[C@H]1OC1C(O)[C@H](O)C(CO)O[C@@H]1OCC1O[C@@H](O[C@@H]2C(CO)O[C@@H](O[C@@H]3C(CO)O[C@@H](C)C(NC(C)=O)C3O)C(NC(C)=O)C2O)C(O)C(O[C@H]2OC(CO)[C@@H](O)C(O)C2O)[C@@H]1O. The van der Waals surface area contributed by atoms with E-state index < -0.39 is 279 Å². The molecule has 7 heterocycles. The van der Waals surface area contributed by atoms with E-state index in [4.69, 9.17) is 61.6 Å². The number of aliphatic hydroxyl groups is 19. The summed E-state index contributed by atoms with van der Waals surface area (Å²) < 4.78 is 76.2. The number of rotatable bonds is 22. The minimum atomic E-state index is -2.32. The Morgan fingerprint density at radius 1 is 0.310 bits per heavy atom. The van der Waals surface area contributed by atoms with E-state index in [0.29, 0.717) is 0 Å². The second-order valence-electron chi connectivity index (χ2n) is 22.1. The Labute approximate surface area is 494 Å². The number of hydrogen-bond donors (Lipinski definition) is 22. The average Bonchev–Trinajstić information content (AvgIpc) is 1.01. The monoisotopic (exact) mass is 1270 g/mol. The van der Waals surface area contributed by atoms with Crippen molar-refractivity contribution in [3.8, 4) is 0 Å². The largest absolute Gasteiger partial charge is 0.394 e. The number of amides is 3. The van der Waals surface area contributed by atoms with Gasteiger partial charge in [0.1, 0.15) is 165 Å². The summed E-state index contributed by atoms with van der Waals surface area (Å²) in [6, 6.07) is -4.66. The van der Waals surface area contributed by atoms with Crippen molar-refractivity contribution in [2.45, 2.75) is 242 Å². The van der Waals surface area contributed by atoms with E-state index in [1.807, 2.05) is 0 Å². The van der Waals surface area contributed by atoms with Gasteiger partial charge in [0.05, 0.1) is 58.4 Å². The molecule has 21 unspecified atom stereocenters. The summed E-state index contributed by atoms with van der Waals surface area (Å²) in [5.74, 6) is -2.27. The number of aliphatic hydroxyl groups excluding tert-OH is 19. The smallest absolute Gasteiger partial charge is 0.217 e. The van der Waals surface area contributed by atoms with Gasteiger partial charge in [0.15, 0.2) is 37.7 Å². The van der Waals surface area contributed by atoms with E-state index in [-0.39, 0.29) is 0 Å². The van der Waals surface area contributed by atoms with Gasteiger partial charge < -0.3 is 175 Å². The molecule has 7 aliphatic heterocycles. The fourth-order valence-corrected chi connectivity index (χ4v) is 11.3. The molecule has 0 bridgehead atoms. The molecule has 35 atom stereocenters. The lowest BCUT2D eigenvalue weighted by molar-refractivity contribution is -0.388. The van der Waals surface area contributed by atoms with E-state index >= 15 is 0 Å². The maximum atomic E-state index is 12.7. The van der Waals surface area contributed by atoms with Crippen LogP contribution in [0.2, 0.25) is 0 Å². The lowest BCUT2D eigenvalue weighted by Crippen LogP contribution is -2.70. The van der Waals surface area contributed by atoms with Crippen LogP contribution >= 0.6 is 0 Å². The number of carbonyl (C=O) groups excluding carboxylic acids is 3. The Balaban J connectivity index is 1.17.